The van der Waals surface area contributed by atoms with Crippen LogP contribution in [0.5, 0.6) is 0 Å². The molecule has 0 spiro atoms. The first-order valence-electron chi connectivity index (χ1n) is 9.65. The lowest BCUT2D eigenvalue weighted by Gasteiger charge is -2.14. The highest BCUT2D eigenvalue weighted by Gasteiger charge is 2.22. The number of pyridine rings is 1. The van der Waals surface area contributed by atoms with Crippen molar-refractivity contribution in [3.63, 3.8) is 0 Å². The largest absolute Gasteiger partial charge is 0.351 e. The van der Waals surface area contributed by atoms with E-state index in [0.717, 1.165) is 41.6 Å². The molecule has 0 fully saturated rings. The SMILES string of the molecule is O=C(CSc1nc(=O)n(Cc2cccnc2)c2c1CCC2)NCc1ccccc1. The summed E-state index contributed by atoms with van der Waals surface area (Å²) >= 11 is 1.35. The van der Waals surface area contributed by atoms with Gasteiger partial charge in [0.25, 0.3) is 0 Å². The van der Waals surface area contributed by atoms with Crippen LogP contribution in [0.4, 0.5) is 0 Å². The van der Waals surface area contributed by atoms with Crippen LogP contribution in [0.3, 0.4) is 0 Å². The summed E-state index contributed by atoms with van der Waals surface area (Å²) in [5.74, 6) is 0.185. The molecule has 29 heavy (non-hydrogen) atoms. The second-order valence-electron chi connectivity index (χ2n) is 6.98. The lowest BCUT2D eigenvalue weighted by Crippen LogP contribution is -2.28. The van der Waals surface area contributed by atoms with Gasteiger partial charge in [0.1, 0.15) is 5.03 Å². The lowest BCUT2D eigenvalue weighted by molar-refractivity contribution is -0.118. The van der Waals surface area contributed by atoms with Crippen molar-refractivity contribution in [2.75, 3.05) is 5.75 Å². The van der Waals surface area contributed by atoms with Crippen LogP contribution >= 0.6 is 11.8 Å². The summed E-state index contributed by atoms with van der Waals surface area (Å²) in [6.07, 6.45) is 6.25. The lowest BCUT2D eigenvalue weighted by atomic mass is 10.2. The number of hydrogen-bond acceptors (Lipinski definition) is 5. The molecule has 1 aliphatic rings. The van der Waals surface area contributed by atoms with Gasteiger partial charge in [0.05, 0.1) is 12.3 Å². The van der Waals surface area contributed by atoms with E-state index >= 15 is 0 Å². The van der Waals surface area contributed by atoms with E-state index in [1.54, 1.807) is 17.0 Å². The number of fused-ring (bicyclic) bond motifs is 1. The van der Waals surface area contributed by atoms with Gasteiger partial charge in [0.15, 0.2) is 0 Å². The van der Waals surface area contributed by atoms with E-state index in [-0.39, 0.29) is 17.3 Å². The third-order valence-corrected chi connectivity index (χ3v) is 5.95. The highest BCUT2D eigenvalue weighted by atomic mass is 32.2. The molecule has 6 nitrogen and oxygen atoms in total. The van der Waals surface area contributed by atoms with Gasteiger partial charge < -0.3 is 5.32 Å². The normalized spacial score (nSPS) is 12.6. The average molecular weight is 407 g/mol. The molecule has 4 rings (SSSR count). The molecule has 1 amide bonds. The van der Waals surface area contributed by atoms with Crippen molar-refractivity contribution in [1.82, 2.24) is 19.9 Å². The van der Waals surface area contributed by atoms with Crippen molar-refractivity contribution < 1.29 is 4.79 Å². The number of carbonyl (C=O) groups excluding carboxylic acids is 1. The predicted octanol–water partition coefficient (Wildman–Crippen LogP) is 2.58. The first kappa shape index (κ1) is 19.4. The standard InChI is InChI=1S/C22H22N4O2S/c27-20(24-13-16-6-2-1-3-7-16)15-29-21-18-9-4-10-19(18)26(22(28)25-21)14-17-8-5-11-23-12-17/h1-3,5-8,11-12H,4,9-10,13-15H2,(H,24,27). The van der Waals surface area contributed by atoms with Gasteiger partial charge in [-0.15, -0.1) is 0 Å². The first-order valence-corrected chi connectivity index (χ1v) is 10.6. The molecule has 0 radical (unpaired) electrons. The van der Waals surface area contributed by atoms with Crippen LogP contribution in [0, 0.1) is 0 Å². The monoisotopic (exact) mass is 406 g/mol. The van der Waals surface area contributed by atoms with E-state index in [1.807, 2.05) is 42.5 Å². The number of amides is 1. The Labute approximate surface area is 173 Å². The van der Waals surface area contributed by atoms with Crippen LogP contribution in [0.2, 0.25) is 0 Å². The molecule has 0 saturated carbocycles. The third kappa shape index (κ3) is 4.74. The summed E-state index contributed by atoms with van der Waals surface area (Å²) < 4.78 is 1.75. The molecule has 2 heterocycles. The molecule has 0 aliphatic heterocycles. The number of thioether (sulfide) groups is 1. The molecule has 7 heteroatoms. The number of aromatic nitrogens is 3. The minimum absolute atomic E-state index is 0.0630. The molecule has 0 saturated heterocycles. The van der Waals surface area contributed by atoms with Gasteiger partial charge in [-0.05, 0) is 36.5 Å². The molecule has 0 bridgehead atoms. The van der Waals surface area contributed by atoms with Gasteiger partial charge in [-0.3, -0.25) is 14.3 Å². The maximum Gasteiger partial charge on any atom is 0.349 e. The van der Waals surface area contributed by atoms with Crippen LogP contribution in [0.25, 0.3) is 0 Å². The Hall–Kier alpha value is -2.93. The maximum atomic E-state index is 12.7. The number of rotatable bonds is 7. The molecule has 0 atom stereocenters. The second kappa shape index (κ2) is 9.05. The van der Waals surface area contributed by atoms with Crippen LogP contribution < -0.4 is 11.0 Å². The Balaban J connectivity index is 1.44. The Morgan fingerprint density at radius 3 is 2.72 bits per heavy atom. The van der Waals surface area contributed by atoms with Crippen LogP contribution in [0.15, 0.2) is 64.7 Å². The van der Waals surface area contributed by atoms with Crippen LogP contribution in [0.1, 0.15) is 28.8 Å². The van der Waals surface area contributed by atoms with Crippen molar-refractivity contribution in [2.45, 2.75) is 37.4 Å². The highest BCUT2D eigenvalue weighted by Crippen LogP contribution is 2.29. The second-order valence-corrected chi connectivity index (χ2v) is 7.94. The van der Waals surface area contributed by atoms with E-state index in [1.165, 1.54) is 11.8 Å². The fourth-order valence-electron chi connectivity index (χ4n) is 3.52. The quantitative estimate of drug-likeness (QED) is 0.482. The van der Waals surface area contributed by atoms with Crippen molar-refractivity contribution >= 4 is 17.7 Å². The van der Waals surface area contributed by atoms with E-state index in [9.17, 15) is 9.59 Å². The van der Waals surface area contributed by atoms with Crippen molar-refractivity contribution in [1.29, 1.82) is 0 Å². The molecule has 1 aromatic carbocycles. The molecule has 1 N–H and O–H groups in total. The van der Waals surface area contributed by atoms with Gasteiger partial charge in [-0.2, -0.15) is 4.98 Å². The van der Waals surface area contributed by atoms with E-state index < -0.39 is 0 Å². The molecular formula is C22H22N4O2S. The van der Waals surface area contributed by atoms with Gasteiger partial charge in [-0.25, -0.2) is 4.79 Å². The molecule has 148 valence electrons. The van der Waals surface area contributed by atoms with Crippen LogP contribution in [-0.4, -0.2) is 26.2 Å². The zero-order chi connectivity index (χ0) is 20.1. The van der Waals surface area contributed by atoms with Crippen LogP contribution in [-0.2, 0) is 30.7 Å². The van der Waals surface area contributed by atoms with Crippen molar-refractivity contribution in [3.8, 4) is 0 Å². The summed E-state index contributed by atoms with van der Waals surface area (Å²) in [7, 11) is 0. The van der Waals surface area contributed by atoms with Gasteiger partial charge >= 0.3 is 5.69 Å². The summed E-state index contributed by atoms with van der Waals surface area (Å²) in [5, 5.41) is 3.61. The zero-order valence-corrected chi connectivity index (χ0v) is 16.8. The Morgan fingerprint density at radius 1 is 1.10 bits per heavy atom. The Kier molecular flexibility index (Phi) is 6.05. The molecule has 0 unspecified atom stereocenters. The third-order valence-electron chi connectivity index (χ3n) is 4.94. The molecule has 1 aliphatic carbocycles. The summed E-state index contributed by atoms with van der Waals surface area (Å²) in [6.45, 7) is 0.975. The fraction of sp³-hybridized carbons (Fsp3) is 0.273. The molecule has 2 aromatic heterocycles. The number of carbonyl (C=O) groups is 1. The smallest absolute Gasteiger partial charge is 0.349 e. The average Bonchev–Trinajstić information content (AvgIpc) is 3.24. The van der Waals surface area contributed by atoms with Crippen molar-refractivity contribution in [3.05, 3.63) is 87.7 Å². The number of nitrogens with zero attached hydrogens (tertiary/aromatic N) is 3. The number of hydrogen-bond donors (Lipinski definition) is 1. The highest BCUT2D eigenvalue weighted by molar-refractivity contribution is 7.99. The van der Waals surface area contributed by atoms with Gasteiger partial charge in [0.2, 0.25) is 5.91 Å². The van der Waals surface area contributed by atoms with E-state index in [4.69, 9.17) is 0 Å². The maximum absolute atomic E-state index is 12.7. The topological polar surface area (TPSA) is 76.9 Å². The van der Waals surface area contributed by atoms with E-state index in [2.05, 4.69) is 15.3 Å². The minimum Gasteiger partial charge on any atom is -0.351 e. The Morgan fingerprint density at radius 2 is 1.93 bits per heavy atom. The van der Waals surface area contributed by atoms with E-state index in [0.29, 0.717) is 18.1 Å². The first-order chi connectivity index (χ1) is 14.2. The predicted molar refractivity (Wildman–Crippen MR) is 113 cm³/mol. The summed E-state index contributed by atoms with van der Waals surface area (Å²) in [4.78, 5) is 33.3. The summed E-state index contributed by atoms with van der Waals surface area (Å²) in [5.41, 5.74) is 3.92. The molecule has 3 aromatic rings. The van der Waals surface area contributed by atoms with Crippen molar-refractivity contribution in [2.24, 2.45) is 0 Å². The molecular weight excluding hydrogens is 384 g/mol. The van der Waals surface area contributed by atoms with Gasteiger partial charge in [-0.1, -0.05) is 48.2 Å². The van der Waals surface area contributed by atoms with Gasteiger partial charge in [0, 0.05) is 30.2 Å². The minimum atomic E-state index is -0.262. The zero-order valence-electron chi connectivity index (χ0n) is 16.0. The summed E-state index contributed by atoms with van der Waals surface area (Å²) in [6, 6.07) is 13.6. The number of nitrogens with one attached hydrogen (secondary N) is 1. The fourth-order valence-corrected chi connectivity index (χ4v) is 4.43. The Bertz CT molecular complexity index is 1050. The number of benzene rings is 1.